The number of likely N-dealkylation sites (N-methyl/N-ethyl adjacent to an activating group) is 1. The molecule has 6 rings (SSSR count). The summed E-state index contributed by atoms with van der Waals surface area (Å²) in [5, 5.41) is 2.82. The van der Waals surface area contributed by atoms with E-state index in [1.54, 1.807) is 6.08 Å². The molecule has 1 unspecified atom stereocenters. The first-order valence-electron chi connectivity index (χ1n) is 17.1. The number of benzene rings is 3. The van der Waals surface area contributed by atoms with Gasteiger partial charge in [-0.15, -0.1) is 0 Å². The topological polar surface area (TPSA) is 105 Å². The number of nitrogens with zero attached hydrogens (tertiary/aromatic N) is 5. The van der Waals surface area contributed by atoms with Gasteiger partial charge in [0.05, 0.1) is 28.8 Å². The van der Waals surface area contributed by atoms with E-state index < -0.39 is 15.8 Å². The Bertz CT molecular complexity index is 1940. The third-order valence-electron chi connectivity index (χ3n) is 9.43. The molecule has 1 fully saturated rings. The Hall–Kier alpha value is -4.19. The maximum atomic E-state index is 12.8. The van der Waals surface area contributed by atoms with Gasteiger partial charge in [0.25, 0.3) is 0 Å². The van der Waals surface area contributed by atoms with Crippen LogP contribution in [0.2, 0.25) is 5.02 Å². The number of anilines is 2. The minimum absolute atomic E-state index is 0.0327. The summed E-state index contributed by atoms with van der Waals surface area (Å²) >= 11 is 6.69. The minimum atomic E-state index is -3.44. The highest BCUT2D eigenvalue weighted by atomic mass is 35.5. The largest absolute Gasteiger partial charge is 0.462 e. The molecular formula is C38H44ClN5O5S. The van der Waals surface area contributed by atoms with E-state index in [-0.39, 0.29) is 18.1 Å². The molecule has 0 bridgehead atoms. The molecule has 1 atom stereocenters. The summed E-state index contributed by atoms with van der Waals surface area (Å²) in [4.78, 5) is 28.5. The number of sulfone groups is 1. The molecule has 0 radical (unpaired) electrons. The highest BCUT2D eigenvalue weighted by Gasteiger charge is 2.27. The van der Waals surface area contributed by atoms with Crippen molar-refractivity contribution >= 4 is 55.8 Å². The SMILES string of the molecule is CN(CCCS(=O)(=O)CCOC(=O)C=Cc1ccccc1)c1nc(OCC2CCCN2C)nc2c1CCN(c1cccc3cccc(Cl)c13)C2. The lowest BCUT2D eigenvalue weighted by molar-refractivity contribution is -0.137. The number of fused-ring (bicyclic) bond motifs is 2. The number of hydrogen-bond donors (Lipinski definition) is 0. The molecule has 0 N–H and O–H groups in total. The summed E-state index contributed by atoms with van der Waals surface area (Å²) in [5.41, 5.74) is 3.85. The van der Waals surface area contributed by atoms with Gasteiger partial charge in [-0.1, -0.05) is 66.2 Å². The number of hydrogen-bond acceptors (Lipinski definition) is 10. The second kappa shape index (κ2) is 16.2. The molecule has 0 spiro atoms. The normalized spacial score (nSPS) is 16.5. The summed E-state index contributed by atoms with van der Waals surface area (Å²) in [6, 6.07) is 22.2. The molecular weight excluding hydrogens is 674 g/mol. The summed E-state index contributed by atoms with van der Waals surface area (Å²) in [5.74, 6) is -0.0739. The number of carbonyl (C=O) groups is 1. The van der Waals surface area contributed by atoms with Crippen molar-refractivity contribution in [1.29, 1.82) is 0 Å². The first kappa shape index (κ1) is 35.6. The van der Waals surface area contributed by atoms with Gasteiger partial charge >= 0.3 is 12.0 Å². The number of carbonyl (C=O) groups excluding carboxylic acids is 1. The molecule has 3 aromatic carbocycles. The number of esters is 1. The molecule has 1 saturated heterocycles. The fourth-order valence-electron chi connectivity index (χ4n) is 6.65. The fraction of sp³-hybridized carbons (Fsp3) is 0.395. The molecule has 4 aromatic rings. The van der Waals surface area contributed by atoms with Crippen LogP contribution in [0.25, 0.3) is 16.8 Å². The second-order valence-corrected chi connectivity index (χ2v) is 15.7. The predicted octanol–water partition coefficient (Wildman–Crippen LogP) is 5.82. The Kier molecular flexibility index (Phi) is 11.6. The monoisotopic (exact) mass is 717 g/mol. The molecule has 1 aromatic heterocycles. The zero-order valence-electron chi connectivity index (χ0n) is 28.6. The van der Waals surface area contributed by atoms with Gasteiger partial charge in [-0.05, 0) is 68.4 Å². The van der Waals surface area contributed by atoms with Gasteiger partial charge in [0.2, 0.25) is 0 Å². The van der Waals surface area contributed by atoms with Crippen LogP contribution in [0.5, 0.6) is 6.01 Å². The summed E-state index contributed by atoms with van der Waals surface area (Å²) < 4.78 is 37.0. The van der Waals surface area contributed by atoms with Crippen LogP contribution in [0.1, 0.15) is 36.1 Å². The maximum absolute atomic E-state index is 12.8. The molecule has 10 nitrogen and oxygen atoms in total. The van der Waals surface area contributed by atoms with Crippen molar-refractivity contribution in [2.75, 3.05) is 68.2 Å². The van der Waals surface area contributed by atoms with E-state index in [0.29, 0.717) is 49.6 Å². The zero-order valence-corrected chi connectivity index (χ0v) is 30.2. The number of ether oxygens (including phenoxy) is 2. The van der Waals surface area contributed by atoms with E-state index in [1.165, 1.54) is 6.08 Å². The third-order valence-corrected chi connectivity index (χ3v) is 11.4. The Morgan fingerprint density at radius 2 is 1.84 bits per heavy atom. The quantitative estimate of drug-likeness (QED) is 0.117. The van der Waals surface area contributed by atoms with Crippen LogP contribution in [-0.4, -0.2) is 93.7 Å². The Balaban J connectivity index is 1.11. The highest BCUT2D eigenvalue weighted by Crippen LogP contribution is 2.37. The lowest BCUT2D eigenvalue weighted by Gasteiger charge is -2.33. The van der Waals surface area contributed by atoms with Gasteiger partial charge in [0, 0.05) is 48.9 Å². The summed E-state index contributed by atoms with van der Waals surface area (Å²) in [6.07, 6.45) is 6.26. The van der Waals surface area contributed by atoms with Gasteiger partial charge in [-0.25, -0.2) is 13.2 Å². The molecule has 0 saturated carbocycles. The van der Waals surface area contributed by atoms with Gasteiger partial charge in [0.15, 0.2) is 9.84 Å². The average Bonchev–Trinajstić information content (AvgIpc) is 3.53. The van der Waals surface area contributed by atoms with E-state index >= 15 is 0 Å². The molecule has 12 heteroatoms. The van der Waals surface area contributed by atoms with E-state index in [9.17, 15) is 13.2 Å². The van der Waals surface area contributed by atoms with Crippen LogP contribution in [-0.2, 0) is 32.3 Å². The molecule has 0 amide bonds. The molecule has 3 heterocycles. The van der Waals surface area contributed by atoms with Crippen LogP contribution in [0.3, 0.4) is 0 Å². The number of rotatable bonds is 14. The summed E-state index contributed by atoms with van der Waals surface area (Å²) in [6.45, 7) is 3.15. The van der Waals surface area contributed by atoms with Crippen LogP contribution >= 0.6 is 11.6 Å². The van der Waals surface area contributed by atoms with Crippen molar-refractivity contribution < 1.29 is 22.7 Å². The molecule has 2 aliphatic heterocycles. The van der Waals surface area contributed by atoms with Crippen molar-refractivity contribution in [2.24, 2.45) is 0 Å². The number of likely N-dealkylation sites (tertiary alicyclic amines) is 1. The molecule has 264 valence electrons. The standard InChI is InChI=1S/C38H44ClN5O5S/c1-42-20-8-14-30(42)27-49-38-40-33-26-44(34-16-7-13-29-12-6-15-32(39)36(29)34)22-19-31(33)37(41-38)43(2)21-9-24-50(46,47)25-23-48-35(45)18-17-28-10-4-3-5-11-28/h3-7,10-13,15-18,30H,8-9,14,19-27H2,1-2H3. The second-order valence-electron chi connectivity index (χ2n) is 13.0. The first-order valence-corrected chi connectivity index (χ1v) is 19.3. The lowest BCUT2D eigenvalue weighted by Crippen LogP contribution is -2.34. The van der Waals surface area contributed by atoms with Gasteiger partial charge < -0.3 is 24.2 Å². The summed E-state index contributed by atoms with van der Waals surface area (Å²) in [7, 11) is 0.607. The van der Waals surface area contributed by atoms with Crippen LogP contribution < -0.4 is 14.5 Å². The van der Waals surface area contributed by atoms with Crippen LogP contribution in [0, 0.1) is 0 Å². The van der Waals surface area contributed by atoms with Crippen molar-refractivity contribution in [2.45, 2.75) is 38.3 Å². The maximum Gasteiger partial charge on any atom is 0.330 e. The van der Waals surface area contributed by atoms with Crippen molar-refractivity contribution in [1.82, 2.24) is 14.9 Å². The molecule has 2 aliphatic rings. The fourth-order valence-corrected chi connectivity index (χ4v) is 8.04. The van der Waals surface area contributed by atoms with E-state index in [4.69, 9.17) is 31.0 Å². The smallest absolute Gasteiger partial charge is 0.330 e. The van der Waals surface area contributed by atoms with Gasteiger partial charge in [-0.2, -0.15) is 9.97 Å². The van der Waals surface area contributed by atoms with Crippen molar-refractivity contribution in [3.05, 3.63) is 94.6 Å². The highest BCUT2D eigenvalue weighted by molar-refractivity contribution is 7.91. The van der Waals surface area contributed by atoms with Crippen LogP contribution in [0.4, 0.5) is 11.5 Å². The lowest BCUT2D eigenvalue weighted by atomic mass is 10.0. The predicted molar refractivity (Wildman–Crippen MR) is 200 cm³/mol. The number of aromatic nitrogens is 2. The van der Waals surface area contributed by atoms with E-state index in [0.717, 1.165) is 65.0 Å². The zero-order chi connectivity index (χ0) is 35.1. The Labute approximate surface area is 299 Å². The van der Waals surface area contributed by atoms with Crippen LogP contribution in [0.15, 0.2) is 72.8 Å². The van der Waals surface area contributed by atoms with Gasteiger partial charge in [-0.3, -0.25) is 0 Å². The Morgan fingerprint density at radius 1 is 1.04 bits per heavy atom. The first-order chi connectivity index (χ1) is 24.2. The molecule has 0 aliphatic carbocycles. The average molecular weight is 718 g/mol. The third kappa shape index (κ3) is 8.93. The van der Waals surface area contributed by atoms with Crippen molar-refractivity contribution in [3.8, 4) is 6.01 Å². The molecule has 50 heavy (non-hydrogen) atoms. The minimum Gasteiger partial charge on any atom is -0.462 e. The van der Waals surface area contributed by atoms with E-state index in [2.05, 4.69) is 41.1 Å². The number of halogens is 1. The van der Waals surface area contributed by atoms with E-state index in [1.807, 2.05) is 54.4 Å². The Morgan fingerprint density at radius 3 is 2.62 bits per heavy atom. The van der Waals surface area contributed by atoms with Gasteiger partial charge in [0.1, 0.15) is 19.0 Å². The van der Waals surface area contributed by atoms with Crippen molar-refractivity contribution in [3.63, 3.8) is 0 Å².